The zero-order valence-electron chi connectivity index (χ0n) is 16.6. The quantitative estimate of drug-likeness (QED) is 0.500. The van der Waals surface area contributed by atoms with Gasteiger partial charge in [0.1, 0.15) is 6.61 Å². The highest BCUT2D eigenvalue weighted by Gasteiger charge is 2.37. The number of nitrogens with zero attached hydrogens (tertiary/aromatic N) is 2. The van der Waals surface area contributed by atoms with Crippen molar-refractivity contribution < 1.29 is 14.3 Å². The largest absolute Gasteiger partial charge is 0.458 e. The van der Waals surface area contributed by atoms with Gasteiger partial charge in [0.05, 0.1) is 23.8 Å². The number of hydrogen-bond donors (Lipinski definition) is 0. The molecule has 0 aliphatic carbocycles. The molecule has 2 aromatic carbocycles. The third kappa shape index (κ3) is 4.45. The summed E-state index contributed by atoms with van der Waals surface area (Å²) in [6.45, 7) is 5.65. The van der Waals surface area contributed by atoms with E-state index in [0.717, 1.165) is 5.56 Å². The smallest absolute Gasteiger partial charge is 0.336 e. The van der Waals surface area contributed by atoms with Crippen LogP contribution in [-0.2, 0) is 20.9 Å². The number of ether oxygens (including phenoxy) is 1. The minimum absolute atomic E-state index is 0.0724. The number of esters is 1. The number of halogens is 1. The normalized spacial score (nSPS) is 16.2. The Balaban J connectivity index is 2.05. The molecule has 1 heterocycles. The highest BCUT2D eigenvalue weighted by Crippen LogP contribution is 2.40. The van der Waals surface area contributed by atoms with Crippen LogP contribution in [0.1, 0.15) is 36.0 Å². The van der Waals surface area contributed by atoms with Crippen molar-refractivity contribution in [2.24, 2.45) is 0 Å². The Morgan fingerprint density at radius 3 is 2.80 bits per heavy atom. The van der Waals surface area contributed by atoms with E-state index in [9.17, 15) is 9.59 Å². The molecule has 30 heavy (non-hydrogen) atoms. The van der Waals surface area contributed by atoms with Crippen molar-refractivity contribution in [2.45, 2.75) is 25.8 Å². The Morgan fingerprint density at radius 1 is 1.33 bits per heavy atom. The van der Waals surface area contributed by atoms with Crippen molar-refractivity contribution in [2.75, 3.05) is 6.61 Å². The first-order chi connectivity index (χ1) is 14.5. The summed E-state index contributed by atoms with van der Waals surface area (Å²) < 4.78 is 5.32. The van der Waals surface area contributed by atoms with Crippen LogP contribution < -0.4 is 0 Å². The maximum atomic E-state index is 13.1. The summed E-state index contributed by atoms with van der Waals surface area (Å²) in [7, 11) is 0. The molecule has 152 valence electrons. The van der Waals surface area contributed by atoms with Gasteiger partial charge in [0, 0.05) is 23.1 Å². The molecule has 1 amide bonds. The Labute approximate surface area is 180 Å². The van der Waals surface area contributed by atoms with Gasteiger partial charge in [0.25, 0.3) is 0 Å². The molecule has 0 radical (unpaired) electrons. The molecule has 0 saturated heterocycles. The summed E-state index contributed by atoms with van der Waals surface area (Å²) in [5.74, 6) is -1.12. The maximum Gasteiger partial charge on any atom is 0.336 e. The first kappa shape index (κ1) is 21.4. The van der Waals surface area contributed by atoms with E-state index in [1.165, 1.54) is 6.08 Å². The highest BCUT2D eigenvalue weighted by molar-refractivity contribution is 6.31. The number of carbonyl (C=O) groups excluding carboxylic acids is 2. The fourth-order valence-corrected chi connectivity index (χ4v) is 3.89. The van der Waals surface area contributed by atoms with Crippen molar-refractivity contribution in [3.8, 4) is 6.07 Å². The van der Waals surface area contributed by atoms with Crippen molar-refractivity contribution in [3.05, 3.63) is 94.2 Å². The van der Waals surface area contributed by atoms with Crippen LogP contribution in [0.25, 0.3) is 0 Å². The van der Waals surface area contributed by atoms with Gasteiger partial charge in [-0.3, -0.25) is 4.79 Å². The van der Waals surface area contributed by atoms with Gasteiger partial charge in [-0.2, -0.15) is 5.26 Å². The van der Waals surface area contributed by atoms with Crippen LogP contribution in [0.15, 0.2) is 72.5 Å². The van der Waals surface area contributed by atoms with Gasteiger partial charge in [-0.25, -0.2) is 4.79 Å². The van der Waals surface area contributed by atoms with E-state index in [1.807, 2.05) is 18.2 Å². The molecule has 3 rings (SSSR count). The van der Waals surface area contributed by atoms with E-state index < -0.39 is 11.9 Å². The molecule has 0 fully saturated rings. The van der Waals surface area contributed by atoms with Crippen molar-refractivity contribution in [3.63, 3.8) is 0 Å². The van der Waals surface area contributed by atoms with Gasteiger partial charge in [0.2, 0.25) is 5.91 Å². The maximum absolute atomic E-state index is 13.1. The second-order valence-electron chi connectivity index (χ2n) is 6.96. The molecule has 0 saturated carbocycles. The first-order valence-corrected chi connectivity index (χ1v) is 9.86. The molecule has 1 atom stereocenters. The molecular formula is C24H21ClN2O3. The summed E-state index contributed by atoms with van der Waals surface area (Å²) in [4.78, 5) is 27.5. The lowest BCUT2D eigenvalue weighted by Gasteiger charge is -2.34. The van der Waals surface area contributed by atoms with Gasteiger partial charge >= 0.3 is 5.97 Å². The van der Waals surface area contributed by atoms with Crippen molar-refractivity contribution in [1.29, 1.82) is 5.26 Å². The number of amides is 1. The summed E-state index contributed by atoms with van der Waals surface area (Å²) in [5, 5.41) is 9.63. The number of rotatable bonds is 6. The lowest BCUT2D eigenvalue weighted by atomic mass is 9.83. The van der Waals surface area contributed by atoms with E-state index in [1.54, 1.807) is 42.2 Å². The van der Waals surface area contributed by atoms with E-state index >= 15 is 0 Å². The SMILES string of the molecule is C=CCOC(=O)C1=C(C)N(Cc2cccc(C#N)c2)C(=O)CC1c1ccccc1Cl. The number of carbonyl (C=O) groups is 2. The molecule has 1 unspecified atom stereocenters. The lowest BCUT2D eigenvalue weighted by molar-refractivity contribution is -0.139. The third-order valence-electron chi connectivity index (χ3n) is 5.05. The minimum atomic E-state index is -0.499. The van der Waals surface area contributed by atoms with Crippen LogP contribution in [-0.4, -0.2) is 23.4 Å². The fraction of sp³-hybridized carbons (Fsp3) is 0.208. The van der Waals surface area contributed by atoms with Gasteiger partial charge in [-0.15, -0.1) is 0 Å². The predicted octanol–water partition coefficient (Wildman–Crippen LogP) is 4.73. The van der Waals surface area contributed by atoms with Crippen LogP contribution in [0, 0.1) is 11.3 Å². The average molecular weight is 421 g/mol. The Kier molecular flexibility index (Phi) is 6.71. The molecule has 0 bridgehead atoms. The average Bonchev–Trinajstić information content (AvgIpc) is 2.75. The summed E-state index contributed by atoms with van der Waals surface area (Å²) in [6, 6.07) is 16.3. The highest BCUT2D eigenvalue weighted by atomic mass is 35.5. The Morgan fingerprint density at radius 2 is 2.10 bits per heavy atom. The predicted molar refractivity (Wildman–Crippen MR) is 114 cm³/mol. The minimum Gasteiger partial charge on any atom is -0.458 e. The van der Waals surface area contributed by atoms with Crippen LogP contribution >= 0.6 is 11.6 Å². The topological polar surface area (TPSA) is 70.4 Å². The number of allylic oxidation sites excluding steroid dienone is 1. The molecule has 5 nitrogen and oxygen atoms in total. The van der Waals surface area contributed by atoms with Gasteiger partial charge in [-0.1, -0.05) is 54.6 Å². The number of benzene rings is 2. The summed E-state index contributed by atoms with van der Waals surface area (Å²) >= 11 is 6.38. The van der Waals surface area contributed by atoms with Crippen LogP contribution in [0.2, 0.25) is 5.02 Å². The standard InChI is InChI=1S/C24H21ClN2O3/c1-3-11-30-24(29)23-16(2)27(15-18-8-6-7-17(12-18)14-26)22(28)13-20(23)19-9-4-5-10-21(19)25/h3-10,12,20H,1,11,13,15H2,2H3. The van der Waals surface area contributed by atoms with Crippen LogP contribution in [0.4, 0.5) is 0 Å². The zero-order chi connectivity index (χ0) is 21.7. The molecule has 1 aliphatic rings. The third-order valence-corrected chi connectivity index (χ3v) is 5.40. The zero-order valence-corrected chi connectivity index (χ0v) is 17.4. The van der Waals surface area contributed by atoms with Gasteiger partial charge in [-0.05, 0) is 36.2 Å². The molecule has 1 aliphatic heterocycles. The first-order valence-electron chi connectivity index (χ1n) is 9.48. The molecule has 2 aromatic rings. The van der Waals surface area contributed by atoms with E-state index in [0.29, 0.717) is 27.4 Å². The molecular weight excluding hydrogens is 400 g/mol. The van der Waals surface area contributed by atoms with Crippen molar-refractivity contribution in [1.82, 2.24) is 4.90 Å². The summed E-state index contributed by atoms with van der Waals surface area (Å²) in [5.41, 5.74) is 2.95. The number of hydrogen-bond acceptors (Lipinski definition) is 4. The summed E-state index contributed by atoms with van der Waals surface area (Å²) in [6.07, 6.45) is 1.59. The van der Waals surface area contributed by atoms with Crippen LogP contribution in [0.3, 0.4) is 0 Å². The monoisotopic (exact) mass is 420 g/mol. The van der Waals surface area contributed by atoms with Crippen molar-refractivity contribution >= 4 is 23.5 Å². The molecule has 0 N–H and O–H groups in total. The van der Waals surface area contributed by atoms with E-state index in [4.69, 9.17) is 21.6 Å². The number of nitriles is 1. The lowest BCUT2D eigenvalue weighted by Crippen LogP contribution is -2.38. The second kappa shape index (κ2) is 9.43. The van der Waals surface area contributed by atoms with Crippen LogP contribution in [0.5, 0.6) is 0 Å². The van der Waals surface area contributed by atoms with E-state index in [2.05, 4.69) is 12.6 Å². The molecule has 0 aromatic heterocycles. The molecule has 6 heteroatoms. The van der Waals surface area contributed by atoms with Gasteiger partial charge < -0.3 is 9.64 Å². The second-order valence-corrected chi connectivity index (χ2v) is 7.36. The Hall–Kier alpha value is -3.36. The Bertz CT molecular complexity index is 1070. The molecule has 0 spiro atoms. The van der Waals surface area contributed by atoms with E-state index in [-0.39, 0.29) is 25.5 Å². The van der Waals surface area contributed by atoms with Gasteiger partial charge in [0.15, 0.2) is 0 Å². The fourth-order valence-electron chi connectivity index (χ4n) is 3.63.